The summed E-state index contributed by atoms with van der Waals surface area (Å²) >= 11 is 0. The molecule has 3 heterocycles. The summed E-state index contributed by atoms with van der Waals surface area (Å²) in [6.07, 6.45) is 3.85. The lowest BCUT2D eigenvalue weighted by Gasteiger charge is -2.56. The van der Waals surface area contributed by atoms with Crippen molar-refractivity contribution in [3.8, 4) is 11.5 Å². The highest BCUT2D eigenvalue weighted by Gasteiger charge is 2.65. The van der Waals surface area contributed by atoms with E-state index in [1.54, 1.807) is 7.11 Å². The van der Waals surface area contributed by atoms with Gasteiger partial charge >= 0.3 is 12.1 Å². The molecule has 15 heteroatoms. The molecule has 5 aliphatic rings. The first-order valence-electron chi connectivity index (χ1n) is 18.2. The number of ketones is 2. The molecule has 2 saturated heterocycles. The van der Waals surface area contributed by atoms with Gasteiger partial charge in [0.15, 0.2) is 23.6 Å². The number of carboxylic acids is 1. The number of aliphatic imine (C=N–C) groups is 1. The molecule has 1 aromatic carbocycles. The van der Waals surface area contributed by atoms with Crippen molar-refractivity contribution in [1.82, 2.24) is 15.1 Å². The number of nitrogens with two attached hydrogens (primary N) is 2. The van der Waals surface area contributed by atoms with Crippen LogP contribution in [0.15, 0.2) is 29.0 Å². The second kappa shape index (κ2) is 15.1. The van der Waals surface area contributed by atoms with E-state index >= 15 is 0 Å². The minimum Gasteiger partial charge on any atom is -0.493 e. The number of nitrogens with zero attached hydrogens (tertiary/aromatic N) is 3. The molecule has 1 spiro atoms. The molecule has 3 unspecified atom stereocenters. The van der Waals surface area contributed by atoms with Crippen LogP contribution in [0.1, 0.15) is 69.4 Å². The van der Waals surface area contributed by atoms with Crippen LogP contribution in [0.4, 0.5) is 4.79 Å². The van der Waals surface area contributed by atoms with Crippen LogP contribution in [-0.4, -0.2) is 109 Å². The summed E-state index contributed by atoms with van der Waals surface area (Å²) in [5.74, 6) is -1.59. The van der Waals surface area contributed by atoms with Crippen molar-refractivity contribution in [2.24, 2.45) is 34.2 Å². The number of likely N-dealkylation sites (tertiary alicyclic amines) is 2. The van der Waals surface area contributed by atoms with Gasteiger partial charge in [-0.25, -0.2) is 4.79 Å². The number of carbonyl (C=O) groups is 5. The van der Waals surface area contributed by atoms with Gasteiger partial charge in [0.1, 0.15) is 17.3 Å². The number of piperidine rings is 2. The van der Waals surface area contributed by atoms with Gasteiger partial charge in [-0.05, 0) is 89.1 Å². The average Bonchev–Trinajstić information content (AvgIpc) is 3.45. The Balaban J connectivity index is 1.19. The summed E-state index contributed by atoms with van der Waals surface area (Å²) in [5.41, 5.74) is 12.8. The van der Waals surface area contributed by atoms with E-state index in [9.17, 15) is 29.1 Å². The van der Waals surface area contributed by atoms with Gasteiger partial charge in [0.05, 0.1) is 25.5 Å². The van der Waals surface area contributed by atoms with Crippen LogP contribution in [0.3, 0.4) is 0 Å². The zero-order valence-electron chi connectivity index (χ0n) is 30.1. The van der Waals surface area contributed by atoms with Crippen molar-refractivity contribution in [2.45, 2.75) is 88.3 Å². The summed E-state index contributed by atoms with van der Waals surface area (Å²) in [6.45, 7) is 2.52. The van der Waals surface area contributed by atoms with E-state index in [1.807, 2.05) is 12.1 Å². The van der Waals surface area contributed by atoms with Crippen molar-refractivity contribution in [1.29, 1.82) is 0 Å². The van der Waals surface area contributed by atoms with E-state index in [0.717, 1.165) is 24.9 Å². The molecule has 2 aliphatic carbocycles. The highest BCUT2D eigenvalue weighted by molar-refractivity contribution is 5.99. The number of aliphatic carboxylic acids is 1. The van der Waals surface area contributed by atoms with Gasteiger partial charge in [-0.2, -0.15) is 0 Å². The van der Waals surface area contributed by atoms with Gasteiger partial charge in [-0.3, -0.25) is 24.2 Å². The number of allylic oxidation sites excluding steroid dienone is 1. The molecular formula is C37H50N6O9. The molecule has 15 nitrogen and oxygen atoms in total. The van der Waals surface area contributed by atoms with Gasteiger partial charge in [-0.15, -0.1) is 0 Å². The number of ether oxygens (including phenoxy) is 3. The zero-order valence-corrected chi connectivity index (χ0v) is 30.1. The maximum absolute atomic E-state index is 14.1. The zero-order chi connectivity index (χ0) is 37.3. The number of hydrogen-bond donors (Lipinski definition) is 4. The standard InChI is InChI=1S/C37H50N6O9/c1-20(44)15-25(45)17-22(5-4-12-40-35(38)39)33(46)41-19-24-16-23(34(47)48)10-13-43(24)36(49)51-29-9-7-26-27-18-21-6-8-28(50-3)31-30(21)37(26,32(29)52-31)11-14-42(27)2/h6,8-9,22-24,26-27,32H,4-5,7,10-19H2,1-3H3,(H,41,46)(H,47,48)(H4,38,39,40)/t22-,23?,24?,26?,27-,32-,37+/m1/s1. The van der Waals surface area contributed by atoms with Gasteiger partial charge in [0.2, 0.25) is 5.91 Å². The fourth-order valence-corrected chi connectivity index (χ4v) is 9.29. The Bertz CT molecular complexity index is 1670. The van der Waals surface area contributed by atoms with Gasteiger partial charge in [-0.1, -0.05) is 6.07 Å². The third-order valence-corrected chi connectivity index (χ3v) is 11.7. The number of Topliss-reactive ketones (excluding diaryl/α,β-unsaturated/α-hetero) is 2. The van der Waals surface area contributed by atoms with Crippen molar-refractivity contribution in [3.63, 3.8) is 0 Å². The Kier molecular flexibility index (Phi) is 10.8. The van der Waals surface area contributed by atoms with Gasteiger partial charge in [0, 0.05) is 49.0 Å². The van der Waals surface area contributed by atoms with E-state index in [4.69, 9.17) is 25.7 Å². The largest absolute Gasteiger partial charge is 0.493 e. The number of rotatable bonds is 14. The Labute approximate surface area is 303 Å². The number of nitrogens with one attached hydrogen (secondary N) is 1. The molecule has 52 heavy (non-hydrogen) atoms. The Hall–Kier alpha value is -4.66. The van der Waals surface area contributed by atoms with Gasteiger partial charge in [0.25, 0.3) is 0 Å². The quantitative estimate of drug-likeness (QED) is 0.0938. The summed E-state index contributed by atoms with van der Waals surface area (Å²) in [6, 6.07) is 3.69. The molecule has 0 aromatic heterocycles. The molecule has 2 fully saturated rings. The minimum absolute atomic E-state index is 0.0476. The van der Waals surface area contributed by atoms with Crippen molar-refractivity contribution in [2.75, 3.05) is 40.3 Å². The van der Waals surface area contributed by atoms with Crippen LogP contribution in [0.5, 0.6) is 11.5 Å². The molecule has 3 aliphatic heterocycles. The van der Waals surface area contributed by atoms with Crippen LogP contribution in [0.25, 0.3) is 0 Å². The molecule has 7 atom stereocenters. The SMILES string of the molecule is COc1ccc2c3c1O[C@@H]1C(OC(=O)N4CCC(C(=O)O)CC4CNC(=O)[C@H](CCCN=C(N)N)CC(=O)CC(C)=O)=CCC4[C@@H](C2)N(C)CC[C@@]341. The molecule has 6 rings (SSSR count). The third-order valence-electron chi connectivity index (χ3n) is 11.7. The monoisotopic (exact) mass is 722 g/mol. The van der Waals surface area contributed by atoms with Crippen molar-refractivity contribution in [3.05, 3.63) is 35.1 Å². The topological polar surface area (TPSA) is 216 Å². The number of hydrogen-bond acceptors (Lipinski definition) is 10. The molecule has 1 aromatic rings. The Morgan fingerprint density at radius 2 is 1.98 bits per heavy atom. The van der Waals surface area contributed by atoms with Crippen molar-refractivity contribution < 1.29 is 43.3 Å². The molecule has 2 amide bonds. The average molecular weight is 723 g/mol. The van der Waals surface area contributed by atoms with Crippen molar-refractivity contribution >= 4 is 35.5 Å². The fraction of sp³-hybridized carbons (Fsp3) is 0.622. The minimum atomic E-state index is -0.979. The van der Waals surface area contributed by atoms with Crippen LogP contribution in [0.2, 0.25) is 0 Å². The number of methoxy groups -OCH3 is 1. The maximum Gasteiger partial charge on any atom is 0.415 e. The smallest absolute Gasteiger partial charge is 0.415 e. The Morgan fingerprint density at radius 1 is 1.19 bits per heavy atom. The van der Waals surface area contributed by atoms with E-state index in [-0.39, 0.29) is 80.6 Å². The Morgan fingerprint density at radius 3 is 2.69 bits per heavy atom. The molecule has 0 saturated carbocycles. The molecule has 282 valence electrons. The van der Waals surface area contributed by atoms with E-state index in [2.05, 4.69) is 28.3 Å². The molecule has 0 radical (unpaired) electrons. The lowest BCUT2D eigenvalue weighted by atomic mass is 9.53. The van der Waals surface area contributed by atoms with Crippen LogP contribution < -0.4 is 26.3 Å². The van der Waals surface area contributed by atoms with Crippen LogP contribution in [0, 0.1) is 17.8 Å². The second-order valence-electron chi connectivity index (χ2n) is 14.9. The van der Waals surface area contributed by atoms with E-state index in [0.29, 0.717) is 36.1 Å². The maximum atomic E-state index is 14.1. The summed E-state index contributed by atoms with van der Waals surface area (Å²) in [7, 11) is 3.78. The predicted octanol–water partition coefficient (Wildman–Crippen LogP) is 1.88. The van der Waals surface area contributed by atoms with E-state index in [1.165, 1.54) is 17.4 Å². The first-order valence-corrected chi connectivity index (χ1v) is 18.2. The third kappa shape index (κ3) is 7.06. The number of guanidine groups is 1. The van der Waals surface area contributed by atoms with Crippen LogP contribution in [-0.2, 0) is 35.8 Å². The number of carbonyl (C=O) groups excluding carboxylic acids is 4. The summed E-state index contributed by atoms with van der Waals surface area (Å²) in [5, 5.41) is 12.7. The lowest BCUT2D eigenvalue weighted by molar-refractivity contribution is -0.144. The molecule has 6 N–H and O–H groups in total. The normalized spacial score (nSPS) is 27.6. The lowest BCUT2D eigenvalue weighted by Crippen LogP contribution is -2.63. The number of benzene rings is 1. The summed E-state index contributed by atoms with van der Waals surface area (Å²) in [4.78, 5) is 71.6. The number of carboxylic acid groups (broad SMARTS) is 1. The fourth-order valence-electron chi connectivity index (χ4n) is 9.29. The molecule has 2 bridgehead atoms. The first-order chi connectivity index (χ1) is 24.8. The summed E-state index contributed by atoms with van der Waals surface area (Å²) < 4.78 is 18.7. The second-order valence-corrected chi connectivity index (χ2v) is 14.9. The number of amides is 2. The van der Waals surface area contributed by atoms with E-state index < -0.39 is 42.0 Å². The van der Waals surface area contributed by atoms with Gasteiger partial charge < -0.3 is 45.9 Å². The first kappa shape index (κ1) is 37.1. The van der Waals surface area contributed by atoms with Crippen LogP contribution >= 0.6 is 0 Å². The highest BCUT2D eigenvalue weighted by Crippen LogP contribution is 2.63. The predicted molar refractivity (Wildman–Crippen MR) is 189 cm³/mol. The number of likely N-dealkylation sites (N-methyl/N-ethyl adjacent to an activating group) is 1. The molecular weight excluding hydrogens is 672 g/mol. The highest BCUT2D eigenvalue weighted by atomic mass is 16.6.